The first-order chi connectivity index (χ1) is 5.87. The molecule has 0 aromatic carbocycles. The van der Waals surface area contributed by atoms with E-state index in [4.69, 9.17) is 0 Å². The van der Waals surface area contributed by atoms with Crippen molar-refractivity contribution in [1.29, 1.82) is 0 Å². The first-order valence-electron chi connectivity index (χ1n) is 4.94. The smallest absolute Gasteiger partial charge is 0.191 e. The third kappa shape index (κ3) is 0.843. The van der Waals surface area contributed by atoms with Gasteiger partial charge in [0.1, 0.15) is 5.34 Å². The molecule has 3 heteroatoms. The number of fused-ring (bicyclic) bond motifs is 2. The predicted octanol–water partition coefficient (Wildman–Crippen LogP) is 2.81. The Morgan fingerprint density at radius 1 is 1.38 bits per heavy atom. The summed E-state index contributed by atoms with van der Waals surface area (Å²) in [7, 11) is -0.0851. The summed E-state index contributed by atoms with van der Waals surface area (Å²) in [6, 6.07) is 0. The highest BCUT2D eigenvalue weighted by Crippen LogP contribution is 2.72. The van der Waals surface area contributed by atoms with Crippen LogP contribution in [0.5, 0.6) is 0 Å². The van der Waals surface area contributed by atoms with E-state index < -0.39 is 5.34 Å². The van der Waals surface area contributed by atoms with Gasteiger partial charge < -0.3 is 5.11 Å². The number of aliphatic hydroxyl groups is 1. The first-order valence-corrected chi connectivity index (χ1v) is 5.75. The molecule has 13 heavy (non-hydrogen) atoms. The standard InChI is InChI=1S/C10H17O2P/c1-8(2)7-4-5-9(8,3)10(11,6-7)13-12/h7,11H,4-6H2,1-3H3. The quantitative estimate of drug-likeness (QED) is 0.661. The van der Waals surface area contributed by atoms with Crippen LogP contribution in [0.15, 0.2) is 0 Å². The highest BCUT2D eigenvalue weighted by atomic mass is 31.1. The zero-order valence-corrected chi connectivity index (χ0v) is 9.40. The minimum atomic E-state index is -0.959. The Balaban J connectivity index is 2.49. The second-order valence-electron chi connectivity index (χ2n) is 5.40. The van der Waals surface area contributed by atoms with Crippen molar-refractivity contribution in [2.45, 2.75) is 45.4 Å². The fourth-order valence-electron chi connectivity index (χ4n) is 3.38. The highest BCUT2D eigenvalue weighted by Gasteiger charge is 2.69. The summed E-state index contributed by atoms with van der Waals surface area (Å²) in [5, 5.41) is 9.30. The lowest BCUT2D eigenvalue weighted by atomic mass is 9.69. The second-order valence-corrected chi connectivity index (χ2v) is 6.32. The van der Waals surface area contributed by atoms with Gasteiger partial charge in [-0.05, 0) is 30.6 Å². The summed E-state index contributed by atoms with van der Waals surface area (Å²) < 4.78 is 11.1. The van der Waals surface area contributed by atoms with Gasteiger partial charge >= 0.3 is 0 Å². The van der Waals surface area contributed by atoms with E-state index in [1.54, 1.807) is 0 Å². The average Bonchev–Trinajstić information content (AvgIpc) is 2.36. The minimum absolute atomic E-state index is 0.0851. The van der Waals surface area contributed by atoms with Gasteiger partial charge in [0.15, 0.2) is 8.46 Å². The lowest BCUT2D eigenvalue weighted by Gasteiger charge is -2.41. The van der Waals surface area contributed by atoms with Crippen LogP contribution >= 0.6 is 8.46 Å². The van der Waals surface area contributed by atoms with Crippen molar-refractivity contribution in [3.05, 3.63) is 0 Å². The Kier molecular flexibility index (Phi) is 1.74. The van der Waals surface area contributed by atoms with Crippen LogP contribution in [0.3, 0.4) is 0 Å². The van der Waals surface area contributed by atoms with Gasteiger partial charge in [-0.1, -0.05) is 20.8 Å². The third-order valence-corrected chi connectivity index (χ3v) is 5.98. The molecule has 74 valence electrons. The normalized spacial score (nSPS) is 53.1. The van der Waals surface area contributed by atoms with Gasteiger partial charge in [-0.25, -0.2) is 0 Å². The van der Waals surface area contributed by atoms with Gasteiger partial charge in [-0.2, -0.15) is 0 Å². The molecule has 2 saturated carbocycles. The first kappa shape index (κ1) is 9.61. The maximum Gasteiger partial charge on any atom is 0.191 e. The molecule has 0 aromatic heterocycles. The van der Waals surface area contributed by atoms with E-state index in [2.05, 4.69) is 20.8 Å². The summed E-state index contributed by atoms with van der Waals surface area (Å²) in [6.07, 6.45) is 2.90. The molecule has 2 aliphatic rings. The van der Waals surface area contributed by atoms with Crippen LogP contribution in [0.2, 0.25) is 0 Å². The van der Waals surface area contributed by atoms with Crippen molar-refractivity contribution in [2.24, 2.45) is 16.7 Å². The fourth-order valence-corrected chi connectivity index (χ4v) is 4.27. The monoisotopic (exact) mass is 200 g/mol. The number of rotatable bonds is 1. The second kappa shape index (κ2) is 2.35. The number of hydrogen-bond acceptors (Lipinski definition) is 2. The van der Waals surface area contributed by atoms with Gasteiger partial charge in [0.2, 0.25) is 0 Å². The van der Waals surface area contributed by atoms with Crippen molar-refractivity contribution in [3.63, 3.8) is 0 Å². The molecule has 0 heterocycles. The zero-order chi connectivity index (χ0) is 9.91. The molecule has 2 nitrogen and oxygen atoms in total. The zero-order valence-electron chi connectivity index (χ0n) is 8.50. The van der Waals surface area contributed by atoms with Crippen LogP contribution in [0.4, 0.5) is 0 Å². The largest absolute Gasteiger partial charge is 0.377 e. The molecular formula is C10H17O2P. The Labute approximate surface area is 80.9 Å². The molecule has 0 aromatic rings. The fraction of sp³-hybridized carbons (Fsp3) is 1.00. The van der Waals surface area contributed by atoms with Crippen molar-refractivity contribution < 1.29 is 9.67 Å². The number of hydrogen-bond donors (Lipinski definition) is 1. The Morgan fingerprint density at radius 3 is 2.23 bits per heavy atom. The van der Waals surface area contributed by atoms with E-state index in [1.165, 1.54) is 6.42 Å². The Morgan fingerprint density at radius 2 is 2.00 bits per heavy atom. The predicted molar refractivity (Wildman–Crippen MR) is 51.8 cm³/mol. The van der Waals surface area contributed by atoms with Crippen LogP contribution in [-0.2, 0) is 4.57 Å². The molecule has 2 fully saturated rings. The van der Waals surface area contributed by atoms with Gasteiger partial charge in [0.05, 0.1) is 0 Å². The summed E-state index contributed by atoms with van der Waals surface area (Å²) >= 11 is 0. The van der Waals surface area contributed by atoms with Crippen LogP contribution in [0.1, 0.15) is 40.0 Å². The molecule has 1 N–H and O–H groups in total. The average molecular weight is 200 g/mol. The summed E-state index contributed by atoms with van der Waals surface area (Å²) in [5.41, 5.74) is -0.0207. The molecule has 3 unspecified atom stereocenters. The third-order valence-electron chi connectivity index (χ3n) is 5.00. The molecular weight excluding hydrogens is 183 g/mol. The molecule has 3 atom stereocenters. The van der Waals surface area contributed by atoms with E-state index in [9.17, 15) is 9.67 Å². The van der Waals surface area contributed by atoms with Crippen LogP contribution < -0.4 is 0 Å². The van der Waals surface area contributed by atoms with Crippen molar-refractivity contribution in [1.82, 2.24) is 0 Å². The van der Waals surface area contributed by atoms with E-state index in [-0.39, 0.29) is 19.3 Å². The van der Waals surface area contributed by atoms with Gasteiger partial charge in [-0.15, -0.1) is 0 Å². The molecule has 0 aliphatic heterocycles. The minimum Gasteiger partial charge on any atom is -0.377 e. The maximum atomic E-state index is 11.1. The van der Waals surface area contributed by atoms with Crippen molar-refractivity contribution in [2.75, 3.05) is 0 Å². The Hall–Kier alpha value is 0.0600. The summed E-state index contributed by atoms with van der Waals surface area (Å²) in [5.74, 6) is 0.545. The van der Waals surface area contributed by atoms with Gasteiger partial charge in [0, 0.05) is 5.41 Å². The lowest BCUT2D eigenvalue weighted by molar-refractivity contribution is -0.0205. The maximum absolute atomic E-state index is 11.1. The van der Waals surface area contributed by atoms with Crippen molar-refractivity contribution in [3.8, 4) is 0 Å². The van der Waals surface area contributed by atoms with Crippen LogP contribution in [0.25, 0.3) is 0 Å². The van der Waals surface area contributed by atoms with Crippen LogP contribution in [-0.4, -0.2) is 10.4 Å². The molecule has 0 saturated heterocycles. The molecule has 0 radical (unpaired) electrons. The van der Waals surface area contributed by atoms with Gasteiger partial charge in [-0.3, -0.25) is 4.57 Å². The molecule has 2 rings (SSSR count). The molecule has 2 bridgehead atoms. The topological polar surface area (TPSA) is 37.3 Å². The van der Waals surface area contributed by atoms with Crippen LogP contribution in [0, 0.1) is 16.7 Å². The lowest BCUT2D eigenvalue weighted by Crippen LogP contribution is -2.42. The molecule has 2 aliphatic carbocycles. The van der Waals surface area contributed by atoms with E-state index in [0.29, 0.717) is 12.3 Å². The summed E-state index contributed by atoms with van der Waals surface area (Å²) in [6.45, 7) is 6.49. The molecule has 0 amide bonds. The summed E-state index contributed by atoms with van der Waals surface area (Å²) in [4.78, 5) is 0. The van der Waals surface area contributed by atoms with E-state index in [1.807, 2.05) is 0 Å². The highest BCUT2D eigenvalue weighted by molar-refractivity contribution is 7.25. The van der Waals surface area contributed by atoms with Crippen molar-refractivity contribution >= 4 is 8.46 Å². The molecule has 0 spiro atoms. The SMILES string of the molecule is CC1(C)C2CCC1(C)C(O)(P=O)C2. The van der Waals surface area contributed by atoms with E-state index in [0.717, 1.165) is 6.42 Å². The van der Waals surface area contributed by atoms with E-state index >= 15 is 0 Å². The van der Waals surface area contributed by atoms with Gasteiger partial charge in [0.25, 0.3) is 0 Å². The Bertz CT molecular complexity index is 264.